The molecule has 1 unspecified atom stereocenters. The quantitative estimate of drug-likeness (QED) is 0.613. The Hall–Kier alpha value is -1.16. The molecular weight excluding hydrogens is 210 g/mol. The molecule has 1 aromatic carbocycles. The highest BCUT2D eigenvalue weighted by Crippen LogP contribution is 2.15. The van der Waals surface area contributed by atoms with Gasteiger partial charge in [0.2, 0.25) is 0 Å². The largest absolute Gasteiger partial charge is 0.413 e. The van der Waals surface area contributed by atoms with Crippen molar-refractivity contribution in [3.05, 3.63) is 30.3 Å². The third-order valence-corrected chi connectivity index (χ3v) is 2.44. The molecule has 0 aliphatic rings. The molecule has 0 saturated carbocycles. The Kier molecular flexibility index (Phi) is 4.03. The number of amides is 1. The zero-order chi connectivity index (χ0) is 11.3. The molecule has 4 heteroatoms. The van der Waals surface area contributed by atoms with Crippen LogP contribution in [0, 0.1) is 0 Å². The van der Waals surface area contributed by atoms with Crippen LogP contribution in [0.1, 0.15) is 20.3 Å². The first-order valence-electron chi connectivity index (χ1n) is 4.81. The zero-order valence-corrected chi connectivity index (χ0v) is 9.75. The predicted molar refractivity (Wildman–Crippen MR) is 63.3 cm³/mol. The normalized spacial score (nSPS) is 14.1. The summed E-state index contributed by atoms with van der Waals surface area (Å²) in [4.78, 5) is 10.9. The third-order valence-electron chi connectivity index (χ3n) is 2.01. The molecule has 0 bridgehead atoms. The number of thiol groups is 1. The molecule has 1 aromatic rings. The Morgan fingerprint density at radius 2 is 2.07 bits per heavy atom. The third kappa shape index (κ3) is 4.25. The van der Waals surface area contributed by atoms with E-state index >= 15 is 0 Å². The van der Waals surface area contributed by atoms with Crippen LogP contribution in [0.4, 0.5) is 4.79 Å². The number of carbonyl (C=O) groups excluding carboxylic acids is 1. The van der Waals surface area contributed by atoms with E-state index in [-0.39, 0.29) is 0 Å². The van der Waals surface area contributed by atoms with E-state index in [1.54, 1.807) is 12.1 Å². The summed E-state index contributed by atoms with van der Waals surface area (Å²) in [5.74, 6) is 0.523. The van der Waals surface area contributed by atoms with Gasteiger partial charge < -0.3 is 10.1 Å². The minimum Gasteiger partial charge on any atom is -0.410 e. The average Bonchev–Trinajstić information content (AvgIpc) is 2.18. The van der Waals surface area contributed by atoms with Gasteiger partial charge in [-0.1, -0.05) is 25.1 Å². The fourth-order valence-electron chi connectivity index (χ4n) is 0.929. The minimum atomic E-state index is -0.536. The van der Waals surface area contributed by atoms with Crippen molar-refractivity contribution in [1.82, 2.24) is 5.32 Å². The Balaban J connectivity index is 2.51. The number of carbonyl (C=O) groups is 1. The van der Waals surface area contributed by atoms with Crippen molar-refractivity contribution in [2.75, 3.05) is 0 Å². The maximum absolute atomic E-state index is 11.4. The molecule has 0 spiro atoms. The molecule has 0 radical (unpaired) electrons. The predicted octanol–water partition coefficient (Wildman–Crippen LogP) is 2.83. The van der Waals surface area contributed by atoms with Crippen LogP contribution in [-0.4, -0.2) is 11.0 Å². The lowest BCUT2D eigenvalue weighted by atomic mass is 10.2. The fraction of sp³-hybridized carbons (Fsp3) is 0.364. The van der Waals surface area contributed by atoms with Crippen molar-refractivity contribution in [3.8, 4) is 5.75 Å². The van der Waals surface area contributed by atoms with Gasteiger partial charge in [0.05, 0.1) is 4.87 Å². The van der Waals surface area contributed by atoms with E-state index < -0.39 is 11.0 Å². The van der Waals surface area contributed by atoms with E-state index in [1.807, 2.05) is 32.0 Å². The number of para-hydroxylation sites is 1. The number of ether oxygens (including phenoxy) is 1. The van der Waals surface area contributed by atoms with E-state index in [4.69, 9.17) is 4.74 Å². The topological polar surface area (TPSA) is 38.3 Å². The number of hydrogen-bond donors (Lipinski definition) is 2. The molecule has 3 nitrogen and oxygen atoms in total. The highest BCUT2D eigenvalue weighted by molar-refractivity contribution is 7.81. The monoisotopic (exact) mass is 225 g/mol. The van der Waals surface area contributed by atoms with Crippen molar-refractivity contribution in [3.63, 3.8) is 0 Å². The molecule has 1 N–H and O–H groups in total. The lowest BCUT2D eigenvalue weighted by Gasteiger charge is -2.22. The summed E-state index contributed by atoms with van der Waals surface area (Å²) < 4.78 is 5.05. The van der Waals surface area contributed by atoms with Crippen molar-refractivity contribution < 1.29 is 9.53 Å². The summed E-state index contributed by atoms with van der Waals surface area (Å²) in [6.45, 7) is 3.76. The Labute approximate surface area is 95.2 Å². The maximum Gasteiger partial charge on any atom is 0.413 e. The smallest absolute Gasteiger partial charge is 0.410 e. The van der Waals surface area contributed by atoms with Crippen LogP contribution >= 0.6 is 12.6 Å². The van der Waals surface area contributed by atoms with Gasteiger partial charge in [0.1, 0.15) is 5.75 Å². The van der Waals surface area contributed by atoms with Gasteiger partial charge in [0, 0.05) is 0 Å². The highest BCUT2D eigenvalue weighted by Gasteiger charge is 2.19. The van der Waals surface area contributed by atoms with E-state index in [9.17, 15) is 4.79 Å². The summed E-state index contributed by atoms with van der Waals surface area (Å²) in [6, 6.07) is 8.92. The van der Waals surface area contributed by atoms with Crippen LogP contribution in [-0.2, 0) is 0 Å². The Morgan fingerprint density at radius 3 is 2.60 bits per heavy atom. The van der Waals surface area contributed by atoms with E-state index in [0.717, 1.165) is 6.42 Å². The van der Waals surface area contributed by atoms with Crippen LogP contribution in [0.3, 0.4) is 0 Å². The van der Waals surface area contributed by atoms with Crippen LogP contribution in [0.5, 0.6) is 5.75 Å². The second kappa shape index (κ2) is 5.07. The van der Waals surface area contributed by atoms with Crippen molar-refractivity contribution in [1.29, 1.82) is 0 Å². The summed E-state index contributed by atoms with van der Waals surface area (Å²) in [5, 5.41) is 2.66. The number of benzene rings is 1. The highest BCUT2D eigenvalue weighted by atomic mass is 32.1. The molecule has 1 amide bonds. The van der Waals surface area contributed by atoms with Crippen LogP contribution in [0.25, 0.3) is 0 Å². The molecule has 0 heterocycles. The second-order valence-electron chi connectivity index (χ2n) is 3.45. The van der Waals surface area contributed by atoms with E-state index in [2.05, 4.69) is 17.9 Å². The van der Waals surface area contributed by atoms with Gasteiger partial charge in [-0.25, -0.2) is 4.79 Å². The Bertz CT molecular complexity index is 325. The van der Waals surface area contributed by atoms with Gasteiger partial charge in [-0.3, -0.25) is 0 Å². The first-order chi connectivity index (χ1) is 7.03. The second-order valence-corrected chi connectivity index (χ2v) is 4.44. The van der Waals surface area contributed by atoms with Gasteiger partial charge in [0.15, 0.2) is 0 Å². The van der Waals surface area contributed by atoms with Gasteiger partial charge in [0.25, 0.3) is 0 Å². The van der Waals surface area contributed by atoms with Gasteiger partial charge in [-0.15, -0.1) is 0 Å². The van der Waals surface area contributed by atoms with Crippen LogP contribution in [0.15, 0.2) is 30.3 Å². The first kappa shape index (κ1) is 11.9. The van der Waals surface area contributed by atoms with Crippen LogP contribution in [0.2, 0.25) is 0 Å². The summed E-state index contributed by atoms with van der Waals surface area (Å²) in [7, 11) is 0. The maximum atomic E-state index is 11.4. The SMILES string of the molecule is CCC(C)(S)NC(=O)Oc1ccccc1. The number of rotatable bonds is 3. The molecule has 15 heavy (non-hydrogen) atoms. The minimum absolute atomic E-state index is 0.486. The molecule has 0 aromatic heterocycles. The van der Waals surface area contributed by atoms with Gasteiger partial charge in [-0.2, -0.15) is 12.6 Å². The fourth-order valence-corrected chi connectivity index (χ4v) is 1.02. The first-order valence-corrected chi connectivity index (χ1v) is 5.25. The van der Waals surface area contributed by atoms with E-state index in [0.29, 0.717) is 5.75 Å². The van der Waals surface area contributed by atoms with Crippen molar-refractivity contribution in [2.45, 2.75) is 25.1 Å². The van der Waals surface area contributed by atoms with Crippen molar-refractivity contribution in [2.24, 2.45) is 0 Å². The molecule has 0 aliphatic heterocycles. The molecular formula is C11H15NO2S. The standard InChI is InChI=1S/C11H15NO2S/c1-3-11(2,15)12-10(13)14-9-7-5-4-6-8-9/h4-8,15H,3H2,1-2H3,(H,12,13). The molecule has 0 aliphatic carbocycles. The van der Waals surface area contributed by atoms with Gasteiger partial charge >= 0.3 is 6.09 Å². The number of hydrogen-bond acceptors (Lipinski definition) is 3. The van der Waals surface area contributed by atoms with E-state index in [1.165, 1.54) is 0 Å². The number of nitrogens with one attached hydrogen (secondary N) is 1. The van der Waals surface area contributed by atoms with Crippen LogP contribution < -0.4 is 10.1 Å². The average molecular weight is 225 g/mol. The molecule has 0 fully saturated rings. The van der Waals surface area contributed by atoms with Crippen molar-refractivity contribution >= 4 is 18.7 Å². The molecule has 0 saturated heterocycles. The zero-order valence-electron chi connectivity index (χ0n) is 8.86. The lowest BCUT2D eigenvalue weighted by Crippen LogP contribution is -2.42. The Morgan fingerprint density at radius 1 is 1.47 bits per heavy atom. The summed E-state index contributed by atoms with van der Waals surface area (Å²) in [5.41, 5.74) is 0. The molecule has 1 rings (SSSR count). The lowest BCUT2D eigenvalue weighted by molar-refractivity contribution is 0.194. The summed E-state index contributed by atoms with van der Waals surface area (Å²) in [6.07, 6.45) is 0.237. The summed E-state index contributed by atoms with van der Waals surface area (Å²) >= 11 is 4.28. The van der Waals surface area contributed by atoms with Gasteiger partial charge in [-0.05, 0) is 25.5 Å². The molecule has 1 atom stereocenters. The molecule has 82 valence electrons.